The maximum absolute atomic E-state index is 5.20. The number of fused-ring (bicyclic) bond motifs is 7. The van der Waals surface area contributed by atoms with Gasteiger partial charge >= 0.3 is 0 Å². The fourth-order valence-corrected chi connectivity index (χ4v) is 9.46. The summed E-state index contributed by atoms with van der Waals surface area (Å²) in [5, 5.41) is 8.41. The van der Waals surface area contributed by atoms with Gasteiger partial charge in [0.1, 0.15) is 11.7 Å². The highest BCUT2D eigenvalue weighted by molar-refractivity contribution is 6.16. The van der Waals surface area contributed by atoms with Crippen LogP contribution in [0.15, 0.2) is 222 Å². The molecule has 284 valence electrons. The smallest absolute Gasteiger partial charge is 0.169 e. The van der Waals surface area contributed by atoms with Crippen molar-refractivity contribution in [2.24, 2.45) is 9.98 Å². The third-order valence-corrected chi connectivity index (χ3v) is 12.3. The van der Waals surface area contributed by atoms with Crippen LogP contribution in [0.25, 0.3) is 49.4 Å². The molecule has 3 atom stereocenters. The van der Waals surface area contributed by atoms with Crippen LogP contribution in [-0.4, -0.2) is 22.3 Å². The maximum atomic E-state index is 5.20. The van der Waals surface area contributed by atoms with Crippen molar-refractivity contribution in [3.8, 4) is 16.8 Å². The van der Waals surface area contributed by atoms with E-state index in [1.54, 1.807) is 0 Å². The summed E-state index contributed by atoms with van der Waals surface area (Å²) in [5.74, 6) is 1.92. The molecule has 0 radical (unpaired) electrons. The fraction of sp³-hybridized carbons (Fsp3) is 0.0545. The second-order valence-corrected chi connectivity index (χ2v) is 15.8. The predicted octanol–water partition coefficient (Wildman–Crippen LogP) is 12.8. The van der Waals surface area contributed by atoms with E-state index >= 15 is 0 Å². The molecule has 1 N–H and O–H groups in total. The first-order valence-electron chi connectivity index (χ1n) is 20.7. The number of hydrogen-bond acceptors (Lipinski definition) is 4. The average molecular weight is 770 g/mol. The number of allylic oxidation sites excluding steroid dienone is 2. The molecule has 5 nitrogen and oxygen atoms in total. The van der Waals surface area contributed by atoms with Gasteiger partial charge in [-0.3, -0.25) is 0 Å². The van der Waals surface area contributed by atoms with E-state index in [0.717, 1.165) is 34.0 Å². The van der Waals surface area contributed by atoms with E-state index in [2.05, 4.69) is 209 Å². The summed E-state index contributed by atoms with van der Waals surface area (Å²) in [7, 11) is 0. The van der Waals surface area contributed by atoms with E-state index in [-0.39, 0.29) is 6.04 Å². The van der Waals surface area contributed by atoms with Gasteiger partial charge in [0.05, 0.1) is 17.1 Å². The lowest BCUT2D eigenvalue weighted by atomic mass is 9.89. The van der Waals surface area contributed by atoms with Crippen molar-refractivity contribution in [3.63, 3.8) is 0 Å². The first kappa shape index (κ1) is 34.3. The lowest BCUT2D eigenvalue weighted by Gasteiger charge is -2.28. The minimum atomic E-state index is -0.403. The molecule has 3 heterocycles. The van der Waals surface area contributed by atoms with Crippen LogP contribution in [0.1, 0.15) is 34.3 Å². The van der Waals surface area contributed by atoms with Crippen LogP contribution in [-0.2, 0) is 0 Å². The summed E-state index contributed by atoms with van der Waals surface area (Å²) in [5.41, 5.74) is 12.8. The molecule has 8 aromatic carbocycles. The van der Waals surface area contributed by atoms with Crippen molar-refractivity contribution in [1.82, 2.24) is 9.88 Å². The van der Waals surface area contributed by atoms with Crippen molar-refractivity contribution in [2.75, 3.05) is 4.90 Å². The van der Waals surface area contributed by atoms with Gasteiger partial charge in [0.15, 0.2) is 6.17 Å². The highest BCUT2D eigenvalue weighted by atomic mass is 15.2. The fourth-order valence-electron chi connectivity index (χ4n) is 9.46. The van der Waals surface area contributed by atoms with E-state index in [9.17, 15) is 0 Å². The van der Waals surface area contributed by atoms with Crippen LogP contribution < -0.4 is 10.2 Å². The second kappa shape index (κ2) is 14.0. The zero-order chi connectivity index (χ0) is 39.6. The van der Waals surface area contributed by atoms with Crippen molar-refractivity contribution in [1.29, 1.82) is 0 Å². The van der Waals surface area contributed by atoms with Crippen LogP contribution in [0.4, 0.5) is 11.4 Å². The number of amidine groups is 2. The summed E-state index contributed by atoms with van der Waals surface area (Å²) in [6.07, 6.45) is 8.66. The Morgan fingerprint density at radius 1 is 0.450 bits per heavy atom. The summed E-state index contributed by atoms with van der Waals surface area (Å²) in [4.78, 5) is 12.8. The van der Waals surface area contributed by atoms with Gasteiger partial charge in [-0.15, -0.1) is 0 Å². The van der Waals surface area contributed by atoms with Gasteiger partial charge in [0, 0.05) is 44.9 Å². The summed E-state index contributed by atoms with van der Waals surface area (Å²) < 4.78 is 2.38. The quantitative estimate of drug-likeness (QED) is 0.183. The van der Waals surface area contributed by atoms with Gasteiger partial charge in [-0.2, -0.15) is 0 Å². The number of aliphatic imine (C=N–C) groups is 2. The Morgan fingerprint density at radius 2 is 1.12 bits per heavy atom. The Hall–Kier alpha value is -7.76. The first-order valence-corrected chi connectivity index (χ1v) is 20.7. The number of anilines is 2. The highest BCUT2D eigenvalue weighted by Crippen LogP contribution is 2.49. The number of nitrogens with one attached hydrogen (secondary N) is 1. The van der Waals surface area contributed by atoms with Crippen LogP contribution >= 0.6 is 0 Å². The SMILES string of the molecule is C1=CC2c3cc(-c4ccc5c(c4)c4ccccc4n5-c4ccc(C5N=C(c6ccccc6)NC(c6ccc7ccccc7c6)=N5)cc4)ccc3N(c3ccccc3)C2C=C1. The molecule has 1 aromatic heterocycles. The molecular formula is C55H39N5. The topological polar surface area (TPSA) is 44.9 Å². The van der Waals surface area contributed by atoms with Crippen LogP contribution in [0.3, 0.4) is 0 Å². The zero-order valence-electron chi connectivity index (χ0n) is 32.7. The molecule has 5 heteroatoms. The van der Waals surface area contributed by atoms with Crippen LogP contribution in [0.2, 0.25) is 0 Å². The molecule has 0 saturated carbocycles. The third-order valence-electron chi connectivity index (χ3n) is 12.3. The van der Waals surface area contributed by atoms with E-state index in [1.165, 1.54) is 60.6 Å². The van der Waals surface area contributed by atoms with E-state index in [0.29, 0.717) is 5.92 Å². The Labute approximate surface area is 348 Å². The lowest BCUT2D eigenvalue weighted by Crippen LogP contribution is -2.36. The molecule has 2 aliphatic heterocycles. The lowest BCUT2D eigenvalue weighted by molar-refractivity contribution is 0.745. The van der Waals surface area contributed by atoms with Gasteiger partial charge < -0.3 is 14.8 Å². The number of para-hydroxylation sites is 2. The molecule has 1 aliphatic carbocycles. The predicted molar refractivity (Wildman–Crippen MR) is 249 cm³/mol. The minimum absolute atomic E-state index is 0.264. The van der Waals surface area contributed by atoms with E-state index < -0.39 is 6.17 Å². The van der Waals surface area contributed by atoms with Gasteiger partial charge in [0.2, 0.25) is 0 Å². The Kier molecular flexibility index (Phi) is 7.98. The number of rotatable bonds is 6. The molecule has 0 saturated heterocycles. The van der Waals surface area contributed by atoms with E-state index in [1.807, 2.05) is 18.2 Å². The Morgan fingerprint density at radius 3 is 1.97 bits per heavy atom. The normalized spacial score (nSPS) is 18.0. The number of aromatic nitrogens is 1. The van der Waals surface area contributed by atoms with Crippen molar-refractivity contribution in [2.45, 2.75) is 18.1 Å². The molecule has 3 aliphatic rings. The molecular weight excluding hydrogens is 731 g/mol. The van der Waals surface area contributed by atoms with Gasteiger partial charge in [-0.25, -0.2) is 9.98 Å². The number of benzene rings is 8. The number of hydrogen-bond donors (Lipinski definition) is 1. The minimum Gasteiger partial charge on any atom is -0.333 e. The largest absolute Gasteiger partial charge is 0.333 e. The summed E-state index contributed by atoms with van der Waals surface area (Å²) in [6, 6.07) is 67.8. The molecule has 0 bridgehead atoms. The van der Waals surface area contributed by atoms with Gasteiger partial charge in [0.25, 0.3) is 0 Å². The molecule has 0 amide bonds. The number of nitrogens with zero attached hydrogens (tertiary/aromatic N) is 4. The molecule has 12 rings (SSSR count). The monoisotopic (exact) mass is 769 g/mol. The van der Waals surface area contributed by atoms with Gasteiger partial charge in [-0.1, -0.05) is 152 Å². The third kappa shape index (κ3) is 5.70. The molecule has 3 unspecified atom stereocenters. The molecule has 0 spiro atoms. The van der Waals surface area contributed by atoms with Crippen molar-refractivity contribution >= 4 is 55.6 Å². The average Bonchev–Trinajstić information content (AvgIpc) is 3.84. The second-order valence-electron chi connectivity index (χ2n) is 15.8. The maximum Gasteiger partial charge on any atom is 0.169 e. The first-order chi connectivity index (χ1) is 29.7. The molecule has 60 heavy (non-hydrogen) atoms. The Balaban J connectivity index is 0.914. The Bertz CT molecular complexity index is 3250. The standard InChI is InChI=1S/C55H39N5/c1-3-14-37(15-4-1)53-56-54(58-55(57-53)42-24-23-36-13-7-8-16-39(36)33-42)38-25-29-44(30-26-38)60-50-22-12-10-20-46(50)48-35-41(28-32-52(48)60)40-27-31-51-47(34-40)45-19-9-11-21-49(45)59(51)43-17-5-2-6-18-43/h1-35,45,49,54H,(H,56,57,58). The zero-order valence-corrected chi connectivity index (χ0v) is 32.7. The summed E-state index contributed by atoms with van der Waals surface area (Å²) in [6.45, 7) is 0. The van der Waals surface area contributed by atoms with Crippen molar-refractivity contribution in [3.05, 3.63) is 235 Å². The van der Waals surface area contributed by atoms with Crippen LogP contribution in [0, 0.1) is 0 Å². The van der Waals surface area contributed by atoms with E-state index in [4.69, 9.17) is 9.98 Å². The molecule has 0 fully saturated rings. The van der Waals surface area contributed by atoms with Crippen molar-refractivity contribution < 1.29 is 0 Å². The highest BCUT2D eigenvalue weighted by Gasteiger charge is 2.37. The van der Waals surface area contributed by atoms with Gasteiger partial charge in [-0.05, 0) is 93.7 Å². The molecule has 9 aromatic rings. The van der Waals surface area contributed by atoms with Crippen LogP contribution in [0.5, 0.6) is 0 Å². The summed E-state index contributed by atoms with van der Waals surface area (Å²) >= 11 is 0.